The summed E-state index contributed by atoms with van der Waals surface area (Å²) in [4.78, 5) is 14.4. The van der Waals surface area contributed by atoms with E-state index in [0.29, 0.717) is 45.3 Å². The zero-order valence-corrected chi connectivity index (χ0v) is 31.4. The van der Waals surface area contributed by atoms with Gasteiger partial charge >= 0.3 is 0 Å². The highest BCUT2D eigenvalue weighted by atomic mass is 16.5. The standard InChI is InChI=1S/C42H63NO8/c1-25-29-22-27-12-8-15-40(39(3,47)36(45)34(25)51-35(29)37(46)43-27)18-19-42(48)31-24-33(44)32-23-28(50-21-9-20-49-4)13-16-38(32,2)30(31)14-17-41(40,42)26-10-6-5-7-11-26/h24-30,32,34-37,43,45-48H,5-7,9-14,16-23H2,1-4H3. The Hall–Kier alpha value is -1.35. The van der Waals surface area contributed by atoms with Crippen molar-refractivity contribution in [3.63, 3.8) is 0 Å². The summed E-state index contributed by atoms with van der Waals surface area (Å²) in [6.45, 7) is 7.41. The van der Waals surface area contributed by atoms with E-state index < -0.39 is 46.6 Å². The van der Waals surface area contributed by atoms with Crippen LogP contribution < -0.4 is 5.32 Å². The molecule has 8 rings (SSSR count). The van der Waals surface area contributed by atoms with E-state index in [0.717, 1.165) is 69.8 Å². The molecular weight excluding hydrogens is 646 g/mol. The molecule has 15 atom stereocenters. The quantitative estimate of drug-likeness (QED) is 0.200. The highest BCUT2D eigenvalue weighted by Crippen LogP contribution is 2.76. The van der Waals surface area contributed by atoms with Crippen LogP contribution in [0.15, 0.2) is 11.6 Å². The Morgan fingerprint density at radius 3 is 2.51 bits per heavy atom. The number of hydrogen-bond donors (Lipinski definition) is 5. The fraction of sp³-hybridized carbons (Fsp3) is 0.881. The molecule has 8 aliphatic rings. The molecule has 15 unspecified atom stereocenters. The summed E-state index contributed by atoms with van der Waals surface area (Å²) in [6.07, 6.45) is 10.6. The number of piperidine rings is 1. The Morgan fingerprint density at radius 1 is 0.961 bits per heavy atom. The molecule has 284 valence electrons. The third-order valence-electron chi connectivity index (χ3n) is 16.5. The molecular formula is C42H63NO8. The number of allylic oxidation sites excluding steroid dienone is 1. The molecule has 0 aromatic carbocycles. The molecule has 9 nitrogen and oxygen atoms in total. The maximum atomic E-state index is 14.4. The number of nitrogens with one attached hydrogen (secondary N) is 1. The molecule has 6 fully saturated rings. The first-order valence-electron chi connectivity index (χ1n) is 20.4. The van der Waals surface area contributed by atoms with Gasteiger partial charge in [0.25, 0.3) is 0 Å². The highest BCUT2D eigenvalue weighted by Gasteiger charge is 2.79. The molecule has 0 radical (unpaired) electrons. The van der Waals surface area contributed by atoms with Crippen molar-refractivity contribution in [2.24, 2.45) is 45.8 Å². The van der Waals surface area contributed by atoms with Crippen LogP contribution in [0.25, 0.3) is 0 Å². The average Bonchev–Trinajstić information content (AvgIpc) is 3.59. The first-order valence-corrected chi connectivity index (χ1v) is 20.4. The van der Waals surface area contributed by atoms with Crippen molar-refractivity contribution >= 4 is 5.78 Å². The largest absolute Gasteiger partial charge is 0.387 e. The van der Waals surface area contributed by atoms with Crippen molar-refractivity contribution in [1.29, 1.82) is 0 Å². The van der Waals surface area contributed by atoms with E-state index in [1.807, 2.05) is 6.08 Å². The first kappa shape index (κ1) is 36.6. The van der Waals surface area contributed by atoms with E-state index in [1.165, 1.54) is 0 Å². The van der Waals surface area contributed by atoms with Gasteiger partial charge in [-0.15, -0.1) is 5.92 Å². The van der Waals surface area contributed by atoms with E-state index in [-0.39, 0.29) is 52.9 Å². The van der Waals surface area contributed by atoms with Gasteiger partial charge in [-0.25, -0.2) is 0 Å². The number of fused-ring (bicyclic) bond motifs is 8. The molecule has 9 heteroatoms. The van der Waals surface area contributed by atoms with Crippen LogP contribution in [0.3, 0.4) is 0 Å². The number of ether oxygens (including phenoxy) is 3. The molecule has 2 aliphatic heterocycles. The summed E-state index contributed by atoms with van der Waals surface area (Å²) < 4.78 is 18.0. The van der Waals surface area contributed by atoms with Gasteiger partial charge in [0.2, 0.25) is 0 Å². The Bertz CT molecular complexity index is 1450. The van der Waals surface area contributed by atoms with Gasteiger partial charge in [0.05, 0.1) is 23.2 Å². The van der Waals surface area contributed by atoms with Crippen LogP contribution in [0.1, 0.15) is 117 Å². The average molecular weight is 710 g/mol. The van der Waals surface area contributed by atoms with Crippen LogP contribution in [0.2, 0.25) is 0 Å². The lowest BCUT2D eigenvalue weighted by atomic mass is 9.39. The minimum absolute atomic E-state index is 0.0351. The lowest BCUT2D eigenvalue weighted by molar-refractivity contribution is -0.244. The number of carbonyl (C=O) groups excluding carboxylic acids is 1. The van der Waals surface area contributed by atoms with E-state index in [1.54, 1.807) is 14.0 Å². The number of carbonyl (C=O) groups is 1. The van der Waals surface area contributed by atoms with Crippen molar-refractivity contribution in [3.8, 4) is 11.8 Å². The van der Waals surface area contributed by atoms with Crippen LogP contribution in [-0.2, 0) is 19.0 Å². The van der Waals surface area contributed by atoms with E-state index in [4.69, 9.17) is 14.2 Å². The zero-order chi connectivity index (χ0) is 36.0. The maximum Gasteiger partial charge on any atom is 0.159 e. The number of aliphatic hydroxyl groups is 4. The third-order valence-corrected chi connectivity index (χ3v) is 16.5. The summed E-state index contributed by atoms with van der Waals surface area (Å²) in [5, 5.41) is 53.8. The summed E-state index contributed by atoms with van der Waals surface area (Å²) in [5.74, 6) is 7.30. The van der Waals surface area contributed by atoms with E-state index in [9.17, 15) is 25.2 Å². The number of rotatable bonds is 6. The topological polar surface area (TPSA) is 138 Å². The predicted molar refractivity (Wildman–Crippen MR) is 191 cm³/mol. The molecule has 0 aromatic heterocycles. The Morgan fingerprint density at radius 2 is 1.75 bits per heavy atom. The van der Waals surface area contributed by atoms with Gasteiger partial charge in [0.15, 0.2) is 5.78 Å². The van der Waals surface area contributed by atoms with Gasteiger partial charge < -0.3 is 34.6 Å². The van der Waals surface area contributed by atoms with Crippen molar-refractivity contribution in [2.75, 3.05) is 20.3 Å². The summed E-state index contributed by atoms with van der Waals surface area (Å²) >= 11 is 0. The number of hydrogen-bond acceptors (Lipinski definition) is 9. The monoisotopic (exact) mass is 709 g/mol. The molecule has 2 saturated heterocycles. The van der Waals surface area contributed by atoms with Gasteiger partial charge in [-0.05, 0) is 118 Å². The minimum atomic E-state index is -1.73. The second-order valence-corrected chi connectivity index (χ2v) is 18.6. The predicted octanol–water partition coefficient (Wildman–Crippen LogP) is 4.43. The number of methoxy groups -OCH3 is 1. The van der Waals surface area contributed by atoms with Crippen LogP contribution in [0.5, 0.6) is 0 Å². The number of aliphatic hydroxyl groups excluding tert-OH is 2. The van der Waals surface area contributed by atoms with E-state index >= 15 is 0 Å². The Kier molecular flexibility index (Phi) is 9.44. The smallest absolute Gasteiger partial charge is 0.159 e. The molecule has 51 heavy (non-hydrogen) atoms. The molecule has 4 saturated carbocycles. The molecule has 0 amide bonds. The Labute approximate surface area is 304 Å². The Balaban J connectivity index is 1.22. The minimum Gasteiger partial charge on any atom is -0.387 e. The zero-order valence-electron chi connectivity index (χ0n) is 31.4. The lowest BCUT2D eigenvalue weighted by Gasteiger charge is -2.66. The van der Waals surface area contributed by atoms with Gasteiger partial charge in [-0.3, -0.25) is 10.1 Å². The highest BCUT2D eigenvalue weighted by molar-refractivity contribution is 5.95. The van der Waals surface area contributed by atoms with Gasteiger partial charge in [0, 0.05) is 44.1 Å². The molecule has 0 aromatic rings. The molecule has 1 spiro atoms. The normalized spacial score (nSPS) is 52.3. The summed E-state index contributed by atoms with van der Waals surface area (Å²) in [7, 11) is 1.70. The lowest BCUT2D eigenvalue weighted by Crippen LogP contribution is -2.70. The summed E-state index contributed by atoms with van der Waals surface area (Å²) in [6, 6.07) is -0.0351. The van der Waals surface area contributed by atoms with Crippen LogP contribution >= 0.6 is 0 Å². The van der Waals surface area contributed by atoms with Crippen LogP contribution in [-0.4, -0.2) is 94.4 Å². The van der Waals surface area contributed by atoms with Crippen molar-refractivity contribution in [2.45, 2.75) is 165 Å². The molecule has 5 N–H and O–H groups in total. The second kappa shape index (κ2) is 13.2. The second-order valence-electron chi connectivity index (χ2n) is 18.6. The summed E-state index contributed by atoms with van der Waals surface area (Å²) in [5.41, 5.74) is -4.48. The molecule has 6 aliphatic carbocycles. The fourth-order valence-corrected chi connectivity index (χ4v) is 14.0. The van der Waals surface area contributed by atoms with Crippen molar-refractivity contribution in [1.82, 2.24) is 5.32 Å². The molecule has 2 heterocycles. The van der Waals surface area contributed by atoms with Crippen molar-refractivity contribution in [3.05, 3.63) is 11.6 Å². The van der Waals surface area contributed by atoms with Crippen LogP contribution in [0.4, 0.5) is 0 Å². The van der Waals surface area contributed by atoms with Crippen LogP contribution in [0, 0.1) is 57.7 Å². The van der Waals surface area contributed by atoms with Gasteiger partial charge in [-0.1, -0.05) is 39.0 Å². The van der Waals surface area contributed by atoms with Crippen molar-refractivity contribution < 1.29 is 39.4 Å². The van der Waals surface area contributed by atoms with E-state index in [2.05, 4.69) is 31.0 Å². The maximum absolute atomic E-state index is 14.4. The number of ketones is 1. The fourth-order valence-electron chi connectivity index (χ4n) is 14.0. The molecule has 3 bridgehead atoms. The third kappa shape index (κ3) is 5.13. The van der Waals surface area contributed by atoms with Gasteiger partial charge in [-0.2, -0.15) is 0 Å². The SMILES string of the molecule is COCCCOC1CCC2(C)C(C1)C(=O)C=C1C2CCC2(C3CCCCC3)C1(O)CCC21C#CCC2CC3C(C)C(OC3C(O)N2)C(O)C1(C)O. The first-order chi connectivity index (χ1) is 24.3. The van der Waals surface area contributed by atoms with Gasteiger partial charge in [0.1, 0.15) is 24.0 Å².